The molecule has 1 aromatic rings. The molecule has 1 amide bonds. The molecule has 4 nitrogen and oxygen atoms in total. The first-order valence-corrected chi connectivity index (χ1v) is 6.87. The summed E-state index contributed by atoms with van der Waals surface area (Å²) in [6.45, 7) is 7.47. The topological polar surface area (TPSA) is 52.6 Å². The van der Waals surface area contributed by atoms with Crippen molar-refractivity contribution in [2.45, 2.75) is 33.4 Å². The van der Waals surface area contributed by atoms with E-state index in [-0.39, 0.29) is 17.7 Å². The van der Waals surface area contributed by atoms with Crippen molar-refractivity contribution in [3.05, 3.63) is 28.8 Å². The highest BCUT2D eigenvalue weighted by Gasteiger charge is 2.18. The largest absolute Gasteiger partial charge is 0.508 e. The zero-order chi connectivity index (χ0) is 14.4. The van der Waals surface area contributed by atoms with Crippen LogP contribution in [0.3, 0.4) is 0 Å². The van der Waals surface area contributed by atoms with E-state index in [0.29, 0.717) is 30.2 Å². The van der Waals surface area contributed by atoms with Crippen molar-refractivity contribution >= 4 is 17.5 Å². The molecule has 5 heteroatoms. The van der Waals surface area contributed by atoms with E-state index in [4.69, 9.17) is 11.6 Å². The quantitative estimate of drug-likeness (QED) is 0.843. The molecule has 1 atom stereocenters. The Hall–Kier alpha value is -1.26. The van der Waals surface area contributed by atoms with Crippen LogP contribution in [-0.2, 0) is 11.3 Å². The fourth-order valence-electron chi connectivity index (χ4n) is 1.87. The average molecular weight is 285 g/mol. The van der Waals surface area contributed by atoms with E-state index in [2.05, 4.69) is 5.32 Å². The number of phenolic OH excluding ortho intramolecular Hbond substituents is 1. The molecule has 0 aliphatic carbocycles. The van der Waals surface area contributed by atoms with E-state index in [1.165, 1.54) is 0 Å². The Labute approximate surface area is 119 Å². The third kappa shape index (κ3) is 4.11. The number of halogens is 1. The summed E-state index contributed by atoms with van der Waals surface area (Å²) in [5.41, 5.74) is 0.614. The molecule has 106 valence electrons. The third-order valence-corrected chi connectivity index (χ3v) is 3.48. The molecule has 0 bridgehead atoms. The van der Waals surface area contributed by atoms with E-state index in [9.17, 15) is 9.90 Å². The molecule has 0 fully saturated rings. The lowest BCUT2D eigenvalue weighted by atomic mass is 10.2. The maximum Gasteiger partial charge on any atom is 0.239 e. The fourth-order valence-corrected chi connectivity index (χ4v) is 2.11. The predicted octanol–water partition coefficient (Wildman–Crippen LogP) is 2.39. The third-order valence-electron chi connectivity index (χ3n) is 3.12. The van der Waals surface area contributed by atoms with Gasteiger partial charge in [0.2, 0.25) is 5.91 Å². The Kier molecular flexibility index (Phi) is 6.12. The Morgan fingerprint density at radius 3 is 2.58 bits per heavy atom. The van der Waals surface area contributed by atoms with Gasteiger partial charge in [0, 0.05) is 30.2 Å². The van der Waals surface area contributed by atoms with Crippen LogP contribution in [0.15, 0.2) is 18.2 Å². The highest BCUT2D eigenvalue weighted by Crippen LogP contribution is 2.24. The number of phenols is 1. The van der Waals surface area contributed by atoms with Crippen molar-refractivity contribution in [2.75, 3.05) is 13.1 Å². The van der Waals surface area contributed by atoms with Gasteiger partial charge < -0.3 is 15.3 Å². The van der Waals surface area contributed by atoms with Crippen LogP contribution in [0.1, 0.15) is 26.3 Å². The zero-order valence-electron chi connectivity index (χ0n) is 11.6. The highest BCUT2D eigenvalue weighted by molar-refractivity contribution is 6.31. The van der Waals surface area contributed by atoms with Crippen molar-refractivity contribution in [1.82, 2.24) is 10.2 Å². The Morgan fingerprint density at radius 1 is 1.42 bits per heavy atom. The second-order valence-electron chi connectivity index (χ2n) is 4.35. The van der Waals surface area contributed by atoms with Gasteiger partial charge in [-0.15, -0.1) is 0 Å². The summed E-state index contributed by atoms with van der Waals surface area (Å²) in [6.07, 6.45) is 0. The van der Waals surface area contributed by atoms with E-state index in [1.807, 2.05) is 20.8 Å². The fraction of sp³-hybridized carbons (Fsp3) is 0.500. The molecule has 0 saturated heterocycles. The van der Waals surface area contributed by atoms with Crippen LogP contribution in [-0.4, -0.2) is 35.0 Å². The first-order valence-electron chi connectivity index (χ1n) is 6.49. The van der Waals surface area contributed by atoms with Gasteiger partial charge in [0.1, 0.15) is 5.75 Å². The lowest BCUT2D eigenvalue weighted by Crippen LogP contribution is -2.44. The maximum absolute atomic E-state index is 12.1. The van der Waals surface area contributed by atoms with Gasteiger partial charge in [-0.05, 0) is 32.9 Å². The molecule has 0 aliphatic rings. The summed E-state index contributed by atoms with van der Waals surface area (Å²) in [5.74, 6) is 0.194. The normalized spacial score (nSPS) is 12.2. The number of hydrogen-bond acceptors (Lipinski definition) is 3. The van der Waals surface area contributed by atoms with Gasteiger partial charge in [-0.25, -0.2) is 0 Å². The van der Waals surface area contributed by atoms with Crippen molar-refractivity contribution in [2.24, 2.45) is 0 Å². The Balaban J connectivity index is 2.64. The van der Waals surface area contributed by atoms with Crippen LogP contribution in [0.5, 0.6) is 5.75 Å². The summed E-state index contributed by atoms with van der Waals surface area (Å²) >= 11 is 6.01. The Bertz CT molecular complexity index is 413. The van der Waals surface area contributed by atoms with Crippen molar-refractivity contribution in [1.29, 1.82) is 0 Å². The monoisotopic (exact) mass is 284 g/mol. The second kappa shape index (κ2) is 7.36. The summed E-state index contributed by atoms with van der Waals surface area (Å²) in [5, 5.41) is 13.3. The molecule has 0 heterocycles. The molecule has 1 aromatic carbocycles. The average Bonchev–Trinajstić information content (AvgIpc) is 2.39. The van der Waals surface area contributed by atoms with Gasteiger partial charge in [-0.2, -0.15) is 0 Å². The molecule has 1 unspecified atom stereocenters. The SMILES string of the molecule is CCN(CC)C(=O)C(C)NCc1c(O)cccc1Cl. The van der Waals surface area contributed by atoms with E-state index in [0.717, 1.165) is 0 Å². The molecule has 19 heavy (non-hydrogen) atoms. The van der Waals surface area contributed by atoms with Crippen LogP contribution in [0, 0.1) is 0 Å². The minimum Gasteiger partial charge on any atom is -0.508 e. The molecule has 0 saturated carbocycles. The number of hydrogen-bond donors (Lipinski definition) is 2. The summed E-state index contributed by atoms with van der Waals surface area (Å²) in [4.78, 5) is 13.8. The number of carbonyl (C=O) groups excluding carboxylic acids is 1. The zero-order valence-corrected chi connectivity index (χ0v) is 12.4. The van der Waals surface area contributed by atoms with Crippen LogP contribution in [0.25, 0.3) is 0 Å². The first kappa shape index (κ1) is 15.8. The van der Waals surface area contributed by atoms with Gasteiger partial charge in [0.15, 0.2) is 0 Å². The van der Waals surface area contributed by atoms with E-state index < -0.39 is 0 Å². The second-order valence-corrected chi connectivity index (χ2v) is 4.76. The Morgan fingerprint density at radius 2 is 2.05 bits per heavy atom. The first-order chi connectivity index (χ1) is 9.01. The number of benzene rings is 1. The molecule has 0 aliphatic heterocycles. The molecule has 0 radical (unpaired) electrons. The van der Waals surface area contributed by atoms with Crippen LogP contribution in [0.2, 0.25) is 5.02 Å². The smallest absolute Gasteiger partial charge is 0.239 e. The van der Waals surface area contributed by atoms with Gasteiger partial charge >= 0.3 is 0 Å². The van der Waals surface area contributed by atoms with Gasteiger partial charge in [-0.3, -0.25) is 4.79 Å². The van der Waals surface area contributed by atoms with Crippen LogP contribution in [0.4, 0.5) is 0 Å². The van der Waals surface area contributed by atoms with Gasteiger partial charge in [0.05, 0.1) is 6.04 Å². The number of likely N-dealkylation sites (N-methyl/N-ethyl adjacent to an activating group) is 1. The van der Waals surface area contributed by atoms with E-state index in [1.54, 1.807) is 23.1 Å². The number of rotatable bonds is 6. The van der Waals surface area contributed by atoms with Crippen molar-refractivity contribution < 1.29 is 9.90 Å². The van der Waals surface area contributed by atoms with Crippen LogP contribution >= 0.6 is 11.6 Å². The number of nitrogens with one attached hydrogen (secondary N) is 1. The lowest BCUT2D eigenvalue weighted by Gasteiger charge is -2.23. The predicted molar refractivity (Wildman–Crippen MR) is 77.3 cm³/mol. The number of aromatic hydroxyl groups is 1. The minimum atomic E-state index is -0.310. The molecule has 2 N–H and O–H groups in total. The summed E-state index contributed by atoms with van der Waals surface area (Å²) < 4.78 is 0. The number of carbonyl (C=O) groups is 1. The molecule has 1 rings (SSSR count). The molecule has 0 spiro atoms. The molecule has 0 aromatic heterocycles. The van der Waals surface area contributed by atoms with Gasteiger partial charge in [0.25, 0.3) is 0 Å². The number of amides is 1. The van der Waals surface area contributed by atoms with E-state index >= 15 is 0 Å². The van der Waals surface area contributed by atoms with Gasteiger partial charge in [-0.1, -0.05) is 17.7 Å². The summed E-state index contributed by atoms with van der Waals surface area (Å²) in [6, 6.07) is 4.68. The maximum atomic E-state index is 12.1. The molecular weight excluding hydrogens is 264 g/mol. The minimum absolute atomic E-state index is 0.0524. The van der Waals surface area contributed by atoms with Crippen LogP contribution < -0.4 is 5.32 Å². The summed E-state index contributed by atoms with van der Waals surface area (Å²) in [7, 11) is 0. The van der Waals surface area contributed by atoms with Crippen molar-refractivity contribution in [3.8, 4) is 5.75 Å². The lowest BCUT2D eigenvalue weighted by molar-refractivity contribution is -0.132. The van der Waals surface area contributed by atoms with Crippen molar-refractivity contribution in [3.63, 3.8) is 0 Å². The highest BCUT2D eigenvalue weighted by atomic mass is 35.5. The molecular formula is C14H21ClN2O2. The standard InChI is InChI=1S/C14H21ClN2O2/c1-4-17(5-2)14(19)10(3)16-9-11-12(15)7-6-8-13(11)18/h6-8,10,16,18H,4-5,9H2,1-3H3. The number of nitrogens with zero attached hydrogens (tertiary/aromatic N) is 1.